The number of hydrogen-bond donors (Lipinski definition) is 1. The Bertz CT molecular complexity index is 746. The van der Waals surface area contributed by atoms with Crippen molar-refractivity contribution in [1.29, 1.82) is 0 Å². The molecule has 2 amide bonds. The number of ether oxygens (including phenoxy) is 2. The largest absolute Gasteiger partial charge is 0.493 e. The molecule has 1 saturated heterocycles. The van der Waals surface area contributed by atoms with E-state index in [4.69, 9.17) is 21.1 Å². The van der Waals surface area contributed by atoms with Crippen LogP contribution in [0.5, 0.6) is 11.5 Å². The maximum Gasteiger partial charge on any atom is 0.230 e. The van der Waals surface area contributed by atoms with Crippen LogP contribution in [-0.4, -0.2) is 43.0 Å². The highest BCUT2D eigenvalue weighted by molar-refractivity contribution is 6.33. The molecule has 0 bridgehead atoms. The molecular formula is C21H29ClN2O4. The normalized spacial score (nSPS) is 20.4. The number of hydrogen-bond acceptors (Lipinski definition) is 4. The van der Waals surface area contributed by atoms with Crippen LogP contribution in [0.25, 0.3) is 0 Å². The Kier molecular flexibility index (Phi) is 6.70. The highest BCUT2D eigenvalue weighted by Gasteiger charge is 2.38. The van der Waals surface area contributed by atoms with E-state index in [0.717, 1.165) is 31.2 Å². The van der Waals surface area contributed by atoms with E-state index in [1.54, 1.807) is 6.07 Å². The molecule has 0 aromatic heterocycles. The lowest BCUT2D eigenvalue weighted by molar-refractivity contribution is -0.130. The second-order valence-corrected chi connectivity index (χ2v) is 7.98. The summed E-state index contributed by atoms with van der Waals surface area (Å²) >= 11 is 6.30. The number of methoxy groups -OCH3 is 1. The van der Waals surface area contributed by atoms with Gasteiger partial charge in [-0.25, -0.2) is 0 Å². The molecule has 1 N–H and O–H groups in total. The van der Waals surface area contributed by atoms with Gasteiger partial charge in [-0.15, -0.1) is 0 Å². The number of rotatable bonds is 6. The second kappa shape index (κ2) is 9.03. The topological polar surface area (TPSA) is 67.9 Å². The summed E-state index contributed by atoms with van der Waals surface area (Å²) in [4.78, 5) is 27.4. The van der Waals surface area contributed by atoms with Crippen molar-refractivity contribution >= 4 is 29.1 Å². The summed E-state index contributed by atoms with van der Waals surface area (Å²) in [6.45, 7) is 4.67. The number of halogens is 1. The SMILES string of the molecule is CCOc1c(C)cc(Cl)c(OC)c1NC(=O)C1CC(=O)N(C2CCCCC2)C1. The van der Waals surface area contributed by atoms with Crippen molar-refractivity contribution in [3.05, 3.63) is 16.7 Å². The van der Waals surface area contributed by atoms with Crippen LogP contribution in [0.1, 0.15) is 51.0 Å². The molecule has 1 aromatic rings. The summed E-state index contributed by atoms with van der Waals surface area (Å²) in [7, 11) is 1.51. The Balaban J connectivity index is 1.78. The quantitative estimate of drug-likeness (QED) is 0.766. The molecule has 3 rings (SSSR count). The summed E-state index contributed by atoms with van der Waals surface area (Å²) in [5.41, 5.74) is 1.25. The third-order valence-electron chi connectivity index (χ3n) is 5.66. The van der Waals surface area contributed by atoms with E-state index in [0.29, 0.717) is 35.4 Å². The van der Waals surface area contributed by atoms with E-state index >= 15 is 0 Å². The summed E-state index contributed by atoms with van der Waals surface area (Å²) in [6.07, 6.45) is 5.86. The van der Waals surface area contributed by atoms with Gasteiger partial charge in [-0.05, 0) is 38.3 Å². The van der Waals surface area contributed by atoms with Gasteiger partial charge in [0.2, 0.25) is 11.8 Å². The number of anilines is 1. The van der Waals surface area contributed by atoms with Gasteiger partial charge < -0.3 is 19.7 Å². The summed E-state index contributed by atoms with van der Waals surface area (Å²) in [5.74, 6) is 0.412. The molecule has 2 aliphatic rings. The first-order chi connectivity index (χ1) is 13.5. The van der Waals surface area contributed by atoms with Crippen LogP contribution in [0.3, 0.4) is 0 Å². The molecule has 6 nitrogen and oxygen atoms in total. The monoisotopic (exact) mass is 408 g/mol. The summed E-state index contributed by atoms with van der Waals surface area (Å²) in [6, 6.07) is 2.03. The molecule has 1 aliphatic heterocycles. The highest BCUT2D eigenvalue weighted by Crippen LogP contribution is 2.43. The molecule has 7 heteroatoms. The Hall–Kier alpha value is -1.95. The molecular weight excluding hydrogens is 380 g/mol. The number of nitrogens with one attached hydrogen (secondary N) is 1. The average molecular weight is 409 g/mol. The first-order valence-electron chi connectivity index (χ1n) is 10.1. The minimum atomic E-state index is -0.382. The molecule has 1 aliphatic carbocycles. The van der Waals surface area contributed by atoms with Crippen molar-refractivity contribution in [3.8, 4) is 11.5 Å². The average Bonchev–Trinajstić information content (AvgIpc) is 3.07. The zero-order valence-electron chi connectivity index (χ0n) is 16.8. The second-order valence-electron chi connectivity index (χ2n) is 7.57. The van der Waals surface area contributed by atoms with Crippen molar-refractivity contribution in [2.75, 3.05) is 25.6 Å². The van der Waals surface area contributed by atoms with Gasteiger partial charge in [-0.1, -0.05) is 30.9 Å². The van der Waals surface area contributed by atoms with Gasteiger partial charge in [0.15, 0.2) is 5.75 Å². The third kappa shape index (κ3) is 4.22. The Labute approximate surface area is 171 Å². The van der Waals surface area contributed by atoms with Gasteiger partial charge >= 0.3 is 0 Å². The van der Waals surface area contributed by atoms with Gasteiger partial charge in [0.25, 0.3) is 0 Å². The lowest BCUT2D eigenvalue weighted by Gasteiger charge is -2.31. The molecule has 0 radical (unpaired) electrons. The van der Waals surface area contributed by atoms with Crippen molar-refractivity contribution < 1.29 is 19.1 Å². The fraction of sp³-hybridized carbons (Fsp3) is 0.619. The fourth-order valence-electron chi connectivity index (χ4n) is 4.26. The molecule has 2 fully saturated rings. The molecule has 1 heterocycles. The first-order valence-corrected chi connectivity index (χ1v) is 10.4. The first kappa shape index (κ1) is 20.8. The van der Waals surface area contributed by atoms with E-state index in [9.17, 15) is 9.59 Å². The van der Waals surface area contributed by atoms with Gasteiger partial charge in [0, 0.05) is 19.0 Å². The zero-order chi connectivity index (χ0) is 20.3. The molecule has 154 valence electrons. The Morgan fingerprint density at radius 2 is 2.00 bits per heavy atom. The summed E-state index contributed by atoms with van der Waals surface area (Å²) in [5, 5.41) is 3.34. The lowest BCUT2D eigenvalue weighted by atomic mass is 9.94. The zero-order valence-corrected chi connectivity index (χ0v) is 17.6. The maximum atomic E-state index is 13.0. The van der Waals surface area contributed by atoms with Gasteiger partial charge in [0.1, 0.15) is 11.4 Å². The van der Waals surface area contributed by atoms with Crippen LogP contribution in [-0.2, 0) is 9.59 Å². The minimum absolute atomic E-state index is 0.0753. The van der Waals surface area contributed by atoms with Crippen molar-refractivity contribution in [2.45, 2.75) is 58.4 Å². The summed E-state index contributed by atoms with van der Waals surface area (Å²) < 4.78 is 11.2. The molecule has 28 heavy (non-hydrogen) atoms. The molecule has 1 saturated carbocycles. The number of nitrogens with zero attached hydrogens (tertiary/aromatic N) is 1. The smallest absolute Gasteiger partial charge is 0.230 e. The fourth-order valence-corrected chi connectivity index (χ4v) is 4.60. The number of likely N-dealkylation sites (tertiary alicyclic amines) is 1. The molecule has 1 aromatic carbocycles. The van der Waals surface area contributed by atoms with Gasteiger partial charge in [-0.2, -0.15) is 0 Å². The van der Waals surface area contributed by atoms with Crippen LogP contribution < -0.4 is 14.8 Å². The Morgan fingerprint density at radius 1 is 1.29 bits per heavy atom. The standard InChI is InChI=1S/C21H29ClN2O4/c1-4-28-19-13(2)10-16(22)20(27-3)18(19)23-21(26)14-11-17(25)24(12-14)15-8-6-5-7-9-15/h10,14-15H,4-9,11-12H2,1-3H3,(H,23,26). The predicted molar refractivity (Wildman–Crippen MR) is 109 cm³/mol. The number of carbonyl (C=O) groups excluding carboxylic acids is 2. The molecule has 0 spiro atoms. The van der Waals surface area contributed by atoms with E-state index < -0.39 is 0 Å². The van der Waals surface area contributed by atoms with Crippen LogP contribution in [0, 0.1) is 12.8 Å². The van der Waals surface area contributed by atoms with E-state index in [2.05, 4.69) is 5.32 Å². The van der Waals surface area contributed by atoms with Crippen molar-refractivity contribution in [2.24, 2.45) is 5.92 Å². The number of carbonyl (C=O) groups is 2. The number of aryl methyl sites for hydroxylation is 1. The highest BCUT2D eigenvalue weighted by atomic mass is 35.5. The van der Waals surface area contributed by atoms with Crippen molar-refractivity contribution in [1.82, 2.24) is 4.90 Å². The minimum Gasteiger partial charge on any atom is -0.493 e. The van der Waals surface area contributed by atoms with Gasteiger partial charge in [0.05, 0.1) is 24.7 Å². The van der Waals surface area contributed by atoms with Crippen molar-refractivity contribution in [3.63, 3.8) is 0 Å². The number of benzene rings is 1. The van der Waals surface area contributed by atoms with E-state index in [1.807, 2.05) is 18.7 Å². The predicted octanol–water partition coefficient (Wildman–Crippen LogP) is 4.18. The van der Waals surface area contributed by atoms with Crippen LogP contribution in [0.15, 0.2) is 6.07 Å². The molecule has 1 unspecified atom stereocenters. The van der Waals surface area contributed by atoms with Crippen LogP contribution in [0.2, 0.25) is 5.02 Å². The van der Waals surface area contributed by atoms with E-state index in [1.165, 1.54) is 13.5 Å². The maximum absolute atomic E-state index is 13.0. The molecule has 1 atom stereocenters. The van der Waals surface area contributed by atoms with Crippen LogP contribution >= 0.6 is 11.6 Å². The third-order valence-corrected chi connectivity index (χ3v) is 5.94. The number of amides is 2. The Morgan fingerprint density at radius 3 is 2.64 bits per heavy atom. The van der Waals surface area contributed by atoms with Gasteiger partial charge in [-0.3, -0.25) is 9.59 Å². The lowest BCUT2D eigenvalue weighted by Crippen LogP contribution is -2.38. The van der Waals surface area contributed by atoms with E-state index in [-0.39, 0.29) is 30.2 Å². The van der Waals surface area contributed by atoms with Crippen LogP contribution in [0.4, 0.5) is 5.69 Å².